The van der Waals surface area contributed by atoms with Crippen LogP contribution in [0.4, 0.5) is 0 Å². The monoisotopic (exact) mass is 231 g/mol. The summed E-state index contributed by atoms with van der Waals surface area (Å²) in [4.78, 5) is 0. The lowest BCUT2D eigenvalue weighted by molar-refractivity contribution is 0.802. The van der Waals surface area contributed by atoms with Crippen molar-refractivity contribution in [2.75, 3.05) is 0 Å². The van der Waals surface area contributed by atoms with Crippen molar-refractivity contribution in [3.05, 3.63) is 48.6 Å². The zero-order valence-corrected chi connectivity index (χ0v) is 11.5. The lowest BCUT2D eigenvalue weighted by Crippen LogP contribution is -1.68. The molecule has 1 radical (unpaired) electrons. The predicted molar refractivity (Wildman–Crippen MR) is 78.9 cm³/mol. The minimum atomic E-state index is 1.02. The molecule has 0 aliphatic heterocycles. The molecule has 0 atom stereocenters. The fourth-order valence-corrected chi connectivity index (χ4v) is 1.34. The highest BCUT2D eigenvalue weighted by Crippen LogP contribution is 1.97. The molecule has 17 heavy (non-hydrogen) atoms. The van der Waals surface area contributed by atoms with Crippen LogP contribution < -0.4 is 0 Å². The minimum absolute atomic E-state index is 1.02. The van der Waals surface area contributed by atoms with Gasteiger partial charge in [0, 0.05) is 0 Å². The van der Waals surface area contributed by atoms with Gasteiger partial charge in [0.05, 0.1) is 0 Å². The van der Waals surface area contributed by atoms with Gasteiger partial charge in [0.25, 0.3) is 0 Å². The largest absolute Gasteiger partial charge is 0.0885 e. The SMILES string of the molecule is CC/C=C\C/C=C\C/C=C\C/C=[C]\CCCC. The number of unbranched alkanes of at least 4 members (excludes halogenated alkanes) is 2. The van der Waals surface area contributed by atoms with Gasteiger partial charge in [-0.3, -0.25) is 0 Å². The Kier molecular flexibility index (Phi) is 14.0. The van der Waals surface area contributed by atoms with Crippen LogP contribution in [0.15, 0.2) is 42.5 Å². The molecule has 0 aromatic rings. The lowest BCUT2D eigenvalue weighted by Gasteiger charge is -1.87. The predicted octanol–water partition coefficient (Wildman–Crippen LogP) is 5.78. The van der Waals surface area contributed by atoms with Crippen LogP contribution in [0.1, 0.15) is 58.8 Å². The maximum absolute atomic E-state index is 3.31. The molecular weight excluding hydrogens is 204 g/mol. The van der Waals surface area contributed by atoms with Crippen molar-refractivity contribution in [1.29, 1.82) is 0 Å². The Morgan fingerprint density at radius 1 is 0.765 bits per heavy atom. The van der Waals surface area contributed by atoms with Gasteiger partial charge in [0.15, 0.2) is 0 Å². The normalized spacial score (nSPS) is 12.8. The summed E-state index contributed by atoms with van der Waals surface area (Å²) in [6, 6.07) is 0. The maximum Gasteiger partial charge on any atom is -0.0163 e. The fraction of sp³-hybridized carbons (Fsp3) is 0.529. The molecule has 0 spiro atoms. The van der Waals surface area contributed by atoms with Gasteiger partial charge in [-0.2, -0.15) is 0 Å². The van der Waals surface area contributed by atoms with Crippen LogP contribution in [0.5, 0.6) is 0 Å². The molecule has 0 nitrogen and oxygen atoms in total. The van der Waals surface area contributed by atoms with Crippen LogP contribution in [0.3, 0.4) is 0 Å². The maximum atomic E-state index is 3.31. The van der Waals surface area contributed by atoms with E-state index in [9.17, 15) is 0 Å². The van der Waals surface area contributed by atoms with Crippen molar-refractivity contribution in [3.8, 4) is 0 Å². The van der Waals surface area contributed by atoms with Crippen LogP contribution in [0.2, 0.25) is 0 Å². The van der Waals surface area contributed by atoms with Crippen LogP contribution in [-0.2, 0) is 0 Å². The van der Waals surface area contributed by atoms with Crippen molar-refractivity contribution in [2.45, 2.75) is 58.8 Å². The van der Waals surface area contributed by atoms with Crippen molar-refractivity contribution in [2.24, 2.45) is 0 Å². The Hall–Kier alpha value is -1.04. The summed E-state index contributed by atoms with van der Waals surface area (Å²) < 4.78 is 0. The number of hydrogen-bond acceptors (Lipinski definition) is 0. The van der Waals surface area contributed by atoms with E-state index in [-0.39, 0.29) is 0 Å². The van der Waals surface area contributed by atoms with E-state index in [1.807, 2.05) is 0 Å². The lowest BCUT2D eigenvalue weighted by atomic mass is 10.2. The van der Waals surface area contributed by atoms with Crippen molar-refractivity contribution in [3.63, 3.8) is 0 Å². The minimum Gasteiger partial charge on any atom is -0.0885 e. The average Bonchev–Trinajstić information content (AvgIpc) is 2.35. The molecule has 0 fully saturated rings. The second-order valence-electron chi connectivity index (χ2n) is 4.04. The van der Waals surface area contributed by atoms with E-state index in [0.29, 0.717) is 0 Å². The summed E-state index contributed by atoms with van der Waals surface area (Å²) in [5.74, 6) is 0. The molecule has 0 saturated carbocycles. The Morgan fingerprint density at radius 2 is 1.35 bits per heavy atom. The van der Waals surface area contributed by atoms with Crippen molar-refractivity contribution < 1.29 is 0 Å². The molecule has 0 heteroatoms. The Bertz CT molecular complexity index is 241. The summed E-state index contributed by atoms with van der Waals surface area (Å²) in [7, 11) is 0. The zero-order valence-electron chi connectivity index (χ0n) is 11.5. The van der Waals surface area contributed by atoms with Crippen LogP contribution in [0.25, 0.3) is 0 Å². The van der Waals surface area contributed by atoms with Gasteiger partial charge in [-0.1, -0.05) is 62.8 Å². The van der Waals surface area contributed by atoms with E-state index in [0.717, 1.165) is 32.1 Å². The fourth-order valence-electron chi connectivity index (χ4n) is 1.34. The van der Waals surface area contributed by atoms with Gasteiger partial charge in [-0.15, -0.1) is 0 Å². The standard InChI is InChI=1S/C17H27/c1-3-5-7-9-11-13-15-17-16-14-12-10-8-6-4-2/h5,7,11-13,16-17H,3-4,6,8-9,14-15H2,1-2H3/b7-5-,12-10?,13-11-,17-16-. The van der Waals surface area contributed by atoms with E-state index >= 15 is 0 Å². The number of rotatable bonds is 10. The highest BCUT2D eigenvalue weighted by Gasteiger charge is 1.78. The highest BCUT2D eigenvalue weighted by molar-refractivity contribution is 4.98. The van der Waals surface area contributed by atoms with Gasteiger partial charge >= 0.3 is 0 Å². The molecule has 0 saturated heterocycles. The van der Waals surface area contributed by atoms with E-state index < -0.39 is 0 Å². The van der Waals surface area contributed by atoms with Crippen LogP contribution >= 0.6 is 0 Å². The van der Waals surface area contributed by atoms with Crippen LogP contribution in [-0.4, -0.2) is 0 Å². The average molecular weight is 231 g/mol. The molecule has 0 rings (SSSR count). The van der Waals surface area contributed by atoms with E-state index in [1.54, 1.807) is 0 Å². The Morgan fingerprint density at radius 3 is 1.94 bits per heavy atom. The Labute approximate surface area is 108 Å². The summed E-state index contributed by atoms with van der Waals surface area (Å²) in [6.45, 7) is 4.37. The third-order valence-corrected chi connectivity index (χ3v) is 2.35. The smallest absolute Gasteiger partial charge is 0.0163 e. The first-order chi connectivity index (χ1) is 8.41. The molecule has 0 heterocycles. The number of hydrogen-bond donors (Lipinski definition) is 0. The molecule has 0 amide bonds. The first-order valence-corrected chi connectivity index (χ1v) is 6.91. The quantitative estimate of drug-likeness (QED) is 0.330. The van der Waals surface area contributed by atoms with Crippen LogP contribution in [0, 0.1) is 6.08 Å². The van der Waals surface area contributed by atoms with Gasteiger partial charge in [0.2, 0.25) is 0 Å². The van der Waals surface area contributed by atoms with E-state index in [1.165, 1.54) is 12.8 Å². The second kappa shape index (κ2) is 15.0. The van der Waals surface area contributed by atoms with Gasteiger partial charge in [-0.25, -0.2) is 0 Å². The van der Waals surface area contributed by atoms with E-state index in [4.69, 9.17) is 0 Å². The Balaban J connectivity index is 3.35. The molecule has 95 valence electrons. The first kappa shape index (κ1) is 16.0. The summed E-state index contributed by atoms with van der Waals surface area (Å²) in [5, 5.41) is 0. The zero-order chi connectivity index (χ0) is 12.6. The number of allylic oxidation sites excluding steroid dienone is 8. The third kappa shape index (κ3) is 15.0. The molecule has 0 aromatic heterocycles. The molecule has 0 aliphatic carbocycles. The molecule has 0 aliphatic rings. The highest BCUT2D eigenvalue weighted by atomic mass is 13.8. The molecule has 0 bridgehead atoms. The molecule has 0 unspecified atom stereocenters. The first-order valence-electron chi connectivity index (χ1n) is 6.91. The van der Waals surface area contributed by atoms with Crippen molar-refractivity contribution >= 4 is 0 Å². The molecule has 0 aromatic carbocycles. The van der Waals surface area contributed by atoms with E-state index in [2.05, 4.69) is 62.5 Å². The van der Waals surface area contributed by atoms with Gasteiger partial charge in [0.1, 0.15) is 0 Å². The second-order valence-corrected chi connectivity index (χ2v) is 4.04. The summed E-state index contributed by atoms with van der Waals surface area (Å²) >= 11 is 0. The summed E-state index contributed by atoms with van der Waals surface area (Å²) in [6.07, 6.45) is 26.6. The van der Waals surface area contributed by atoms with Gasteiger partial charge in [-0.05, 0) is 44.6 Å². The van der Waals surface area contributed by atoms with Crippen molar-refractivity contribution in [1.82, 2.24) is 0 Å². The third-order valence-electron chi connectivity index (χ3n) is 2.35. The topological polar surface area (TPSA) is 0 Å². The molecule has 0 N–H and O–H groups in total. The molecular formula is C17H27. The summed E-state index contributed by atoms with van der Waals surface area (Å²) in [5.41, 5.74) is 0. The van der Waals surface area contributed by atoms with Gasteiger partial charge < -0.3 is 0 Å².